The van der Waals surface area contributed by atoms with Gasteiger partial charge in [0, 0.05) is 38.7 Å². The second-order valence-electron chi connectivity index (χ2n) is 7.42. The molecule has 0 bridgehead atoms. The average molecular weight is 419 g/mol. The van der Waals surface area contributed by atoms with E-state index in [2.05, 4.69) is 20.7 Å². The number of fused-ring (bicyclic) bond motifs is 1. The summed E-state index contributed by atoms with van der Waals surface area (Å²) in [6.07, 6.45) is 3.59. The lowest BCUT2D eigenvalue weighted by molar-refractivity contribution is 0.229. The normalized spacial score (nSPS) is 14.8. The van der Waals surface area contributed by atoms with Gasteiger partial charge in [0.25, 0.3) is 0 Å². The van der Waals surface area contributed by atoms with Crippen LogP contribution in [0.4, 0.5) is 4.39 Å². The Balaban J connectivity index is 1.45. The molecule has 0 saturated carbocycles. The molecule has 0 spiro atoms. The monoisotopic (exact) mass is 418 g/mol. The van der Waals surface area contributed by atoms with E-state index >= 15 is 0 Å². The van der Waals surface area contributed by atoms with Gasteiger partial charge in [0.15, 0.2) is 5.96 Å². The van der Waals surface area contributed by atoms with Crippen molar-refractivity contribution in [2.24, 2.45) is 4.99 Å². The number of aryl methyl sites for hydroxylation is 2. The van der Waals surface area contributed by atoms with E-state index in [1.54, 1.807) is 21.4 Å². The number of halogens is 1. The number of rotatable bonds is 9. The number of nitrogens with one attached hydrogen (secondary N) is 2. The van der Waals surface area contributed by atoms with Crippen LogP contribution in [0.2, 0.25) is 0 Å². The highest BCUT2D eigenvalue weighted by molar-refractivity contribution is 5.79. The molecule has 1 aromatic heterocycles. The van der Waals surface area contributed by atoms with E-state index in [4.69, 9.17) is 4.74 Å². The first-order valence-electron chi connectivity index (χ1n) is 10.7. The number of hydrogen-bond acceptors (Lipinski definition) is 4. The van der Waals surface area contributed by atoms with Crippen molar-refractivity contribution in [2.45, 2.75) is 58.7 Å². The molecule has 3 rings (SSSR count). The van der Waals surface area contributed by atoms with E-state index < -0.39 is 0 Å². The van der Waals surface area contributed by atoms with Crippen LogP contribution in [-0.2, 0) is 19.5 Å². The third-order valence-corrected chi connectivity index (χ3v) is 4.85. The number of guanidine groups is 1. The van der Waals surface area contributed by atoms with Gasteiger partial charge in [-0.3, -0.25) is 4.57 Å². The Morgan fingerprint density at radius 3 is 3.00 bits per heavy atom. The fourth-order valence-corrected chi connectivity index (χ4v) is 3.40. The van der Waals surface area contributed by atoms with Crippen LogP contribution >= 0.6 is 0 Å². The molecular formula is C21H31FN6O2. The minimum absolute atomic E-state index is 0.00593. The van der Waals surface area contributed by atoms with Crippen molar-refractivity contribution in [1.82, 2.24) is 25.0 Å². The third kappa shape index (κ3) is 6.08. The van der Waals surface area contributed by atoms with Crippen LogP contribution in [-0.4, -0.2) is 46.0 Å². The minimum Gasteiger partial charge on any atom is -0.489 e. The van der Waals surface area contributed by atoms with Crippen molar-refractivity contribution in [1.29, 1.82) is 0 Å². The lowest BCUT2D eigenvalue weighted by Crippen LogP contribution is -2.39. The quantitative estimate of drug-likeness (QED) is 0.369. The van der Waals surface area contributed by atoms with Crippen molar-refractivity contribution < 1.29 is 9.13 Å². The van der Waals surface area contributed by atoms with E-state index in [-0.39, 0.29) is 17.6 Å². The standard InChI is InChI=1S/C21H31FN6O2/c1-3-23-20(25-15-16(2)30-18-9-6-8-17(22)14-18)24-11-7-13-28-21(29)27-12-5-4-10-19(27)26-28/h6,8-9,14,16H,3-5,7,10-13,15H2,1-2H3,(H2,23,24,25). The van der Waals surface area contributed by atoms with Gasteiger partial charge in [0.1, 0.15) is 23.5 Å². The van der Waals surface area contributed by atoms with Gasteiger partial charge in [-0.2, -0.15) is 5.10 Å². The van der Waals surface area contributed by atoms with Gasteiger partial charge in [0.2, 0.25) is 0 Å². The minimum atomic E-state index is -0.323. The maximum absolute atomic E-state index is 13.3. The Labute approximate surface area is 176 Å². The molecule has 1 aliphatic rings. The van der Waals surface area contributed by atoms with Crippen LogP contribution in [0.5, 0.6) is 5.75 Å². The fourth-order valence-electron chi connectivity index (χ4n) is 3.40. The largest absolute Gasteiger partial charge is 0.489 e. The van der Waals surface area contributed by atoms with E-state index in [1.807, 2.05) is 13.8 Å². The maximum atomic E-state index is 13.3. The second-order valence-corrected chi connectivity index (χ2v) is 7.42. The molecule has 30 heavy (non-hydrogen) atoms. The molecule has 0 saturated heterocycles. The highest BCUT2D eigenvalue weighted by atomic mass is 19.1. The summed E-state index contributed by atoms with van der Waals surface area (Å²) >= 11 is 0. The summed E-state index contributed by atoms with van der Waals surface area (Å²) in [7, 11) is 0. The van der Waals surface area contributed by atoms with E-state index in [0.29, 0.717) is 31.3 Å². The zero-order valence-electron chi connectivity index (χ0n) is 17.7. The predicted octanol–water partition coefficient (Wildman–Crippen LogP) is 1.93. The van der Waals surface area contributed by atoms with E-state index in [0.717, 1.165) is 44.6 Å². The Morgan fingerprint density at radius 1 is 1.37 bits per heavy atom. The summed E-state index contributed by atoms with van der Waals surface area (Å²) in [4.78, 5) is 16.9. The highest BCUT2D eigenvalue weighted by Gasteiger charge is 2.16. The Morgan fingerprint density at radius 2 is 2.23 bits per heavy atom. The van der Waals surface area contributed by atoms with Crippen molar-refractivity contribution in [3.05, 3.63) is 46.4 Å². The molecule has 2 N–H and O–H groups in total. The smallest absolute Gasteiger partial charge is 0.345 e. The van der Waals surface area contributed by atoms with Gasteiger partial charge in [-0.15, -0.1) is 0 Å². The molecule has 0 fully saturated rings. The van der Waals surface area contributed by atoms with Crippen LogP contribution in [0.3, 0.4) is 0 Å². The predicted molar refractivity (Wildman–Crippen MR) is 115 cm³/mol. The van der Waals surface area contributed by atoms with Crippen molar-refractivity contribution in [3.63, 3.8) is 0 Å². The molecule has 1 atom stereocenters. The first kappa shape index (κ1) is 21.9. The SMILES string of the molecule is CCNC(=NCC(C)Oc1cccc(F)c1)NCCCn1nc2n(c1=O)CCCC2. The molecule has 0 radical (unpaired) electrons. The van der Waals surface area contributed by atoms with Crippen LogP contribution in [0.15, 0.2) is 34.1 Å². The highest BCUT2D eigenvalue weighted by Crippen LogP contribution is 2.13. The Hall–Kier alpha value is -2.84. The first-order chi connectivity index (χ1) is 14.6. The number of aromatic nitrogens is 3. The van der Waals surface area contributed by atoms with Crippen LogP contribution in [0.1, 0.15) is 38.9 Å². The summed E-state index contributed by atoms with van der Waals surface area (Å²) in [5.74, 6) is 1.75. The average Bonchev–Trinajstić information content (AvgIpc) is 3.05. The molecule has 1 aliphatic heterocycles. The Kier molecular flexibility index (Phi) is 7.87. The fraction of sp³-hybridized carbons (Fsp3) is 0.571. The second kappa shape index (κ2) is 10.8. The van der Waals surface area contributed by atoms with Crippen LogP contribution in [0.25, 0.3) is 0 Å². The number of nitrogens with zero attached hydrogens (tertiary/aromatic N) is 4. The van der Waals surface area contributed by atoms with E-state index in [9.17, 15) is 9.18 Å². The first-order valence-corrected chi connectivity index (χ1v) is 10.7. The number of benzene rings is 1. The third-order valence-electron chi connectivity index (χ3n) is 4.85. The van der Waals surface area contributed by atoms with Gasteiger partial charge in [0.05, 0.1) is 6.54 Å². The zero-order valence-corrected chi connectivity index (χ0v) is 17.7. The molecule has 164 valence electrons. The van der Waals surface area contributed by atoms with Crippen molar-refractivity contribution >= 4 is 5.96 Å². The summed E-state index contributed by atoms with van der Waals surface area (Å²) in [5.41, 5.74) is -0.00593. The molecule has 2 heterocycles. The van der Waals surface area contributed by atoms with Crippen molar-refractivity contribution in [3.8, 4) is 5.75 Å². The zero-order chi connectivity index (χ0) is 21.3. The van der Waals surface area contributed by atoms with Crippen molar-refractivity contribution in [2.75, 3.05) is 19.6 Å². The van der Waals surface area contributed by atoms with Gasteiger partial charge in [-0.25, -0.2) is 18.9 Å². The molecule has 9 heteroatoms. The maximum Gasteiger partial charge on any atom is 0.345 e. The Bertz CT molecular complexity index is 907. The topological polar surface area (TPSA) is 85.5 Å². The molecule has 0 aliphatic carbocycles. The van der Waals surface area contributed by atoms with Crippen LogP contribution in [0, 0.1) is 5.82 Å². The molecule has 1 unspecified atom stereocenters. The molecule has 2 aromatic rings. The summed E-state index contributed by atoms with van der Waals surface area (Å²) in [6, 6.07) is 6.09. The number of ether oxygens (including phenoxy) is 1. The lowest BCUT2D eigenvalue weighted by atomic mass is 10.2. The summed E-state index contributed by atoms with van der Waals surface area (Å²) in [6.45, 7) is 7.07. The lowest BCUT2D eigenvalue weighted by Gasteiger charge is -2.15. The number of hydrogen-bond donors (Lipinski definition) is 2. The van der Waals surface area contributed by atoms with Gasteiger partial charge >= 0.3 is 5.69 Å². The van der Waals surface area contributed by atoms with Crippen LogP contribution < -0.4 is 21.1 Å². The summed E-state index contributed by atoms with van der Waals surface area (Å²) in [5, 5.41) is 10.9. The summed E-state index contributed by atoms with van der Waals surface area (Å²) < 4.78 is 22.3. The van der Waals surface area contributed by atoms with Gasteiger partial charge < -0.3 is 15.4 Å². The number of aliphatic imine (C=N–C) groups is 1. The molecule has 8 nitrogen and oxygen atoms in total. The molecular weight excluding hydrogens is 387 g/mol. The van der Waals surface area contributed by atoms with Gasteiger partial charge in [-0.1, -0.05) is 6.07 Å². The molecule has 1 aromatic carbocycles. The molecule has 0 amide bonds. The van der Waals surface area contributed by atoms with E-state index in [1.165, 1.54) is 12.1 Å². The van der Waals surface area contributed by atoms with Gasteiger partial charge in [-0.05, 0) is 45.2 Å².